The Morgan fingerprint density at radius 2 is 1.70 bits per heavy atom. The zero-order valence-electron chi connectivity index (χ0n) is 17.4. The highest BCUT2D eigenvalue weighted by Crippen LogP contribution is 2.28. The van der Waals surface area contributed by atoms with E-state index in [4.69, 9.17) is 5.11 Å². The Balaban J connectivity index is 1.38. The van der Waals surface area contributed by atoms with Gasteiger partial charge in [-0.2, -0.15) is 0 Å². The molecular weight excluding hydrogens is 441 g/mol. The molecule has 8 heteroatoms. The number of carbonyl (C=O) groups is 2. The number of anilines is 2. The topological polar surface area (TPSA) is 91.3 Å². The monoisotopic (exact) mass is 461 g/mol. The molecule has 0 unspecified atom stereocenters. The van der Waals surface area contributed by atoms with Crippen LogP contribution in [-0.4, -0.2) is 22.0 Å². The predicted octanol–water partition coefficient (Wildman–Crippen LogP) is 5.44. The van der Waals surface area contributed by atoms with E-state index in [1.54, 1.807) is 29.6 Å². The Bertz CT molecular complexity index is 1270. The van der Waals surface area contributed by atoms with Crippen molar-refractivity contribution in [3.63, 3.8) is 0 Å². The number of hydrogen-bond acceptors (Lipinski definition) is 5. The smallest absolute Gasteiger partial charge is 0.309 e. The van der Waals surface area contributed by atoms with Crippen LogP contribution in [0.3, 0.4) is 0 Å². The number of benzene rings is 3. The Morgan fingerprint density at radius 3 is 2.42 bits per heavy atom. The first-order valence-electron chi connectivity index (χ1n) is 10.1. The third-order valence-corrected chi connectivity index (χ3v) is 5.69. The van der Waals surface area contributed by atoms with E-state index in [1.165, 1.54) is 23.5 Å². The molecule has 0 bridgehead atoms. The van der Waals surface area contributed by atoms with Crippen LogP contribution in [0.1, 0.15) is 21.6 Å². The summed E-state index contributed by atoms with van der Waals surface area (Å²) in [6.45, 7) is 0.547. The van der Waals surface area contributed by atoms with Crippen LogP contribution in [0, 0.1) is 5.82 Å². The summed E-state index contributed by atoms with van der Waals surface area (Å²) >= 11 is 1.19. The molecule has 3 aromatic carbocycles. The van der Waals surface area contributed by atoms with Crippen LogP contribution >= 0.6 is 11.3 Å². The van der Waals surface area contributed by atoms with Crippen LogP contribution in [0.25, 0.3) is 11.1 Å². The van der Waals surface area contributed by atoms with E-state index in [0.29, 0.717) is 22.9 Å². The number of aromatic nitrogens is 1. The summed E-state index contributed by atoms with van der Waals surface area (Å²) in [6.07, 6.45) is -0.182. The Kier molecular flexibility index (Phi) is 6.75. The maximum atomic E-state index is 13.3. The van der Waals surface area contributed by atoms with Crippen LogP contribution in [0.4, 0.5) is 15.2 Å². The molecule has 33 heavy (non-hydrogen) atoms. The maximum Gasteiger partial charge on any atom is 0.309 e. The van der Waals surface area contributed by atoms with E-state index in [1.807, 2.05) is 36.4 Å². The second-order valence-electron chi connectivity index (χ2n) is 7.27. The number of amides is 1. The van der Waals surface area contributed by atoms with Crippen molar-refractivity contribution >= 4 is 34.0 Å². The molecule has 6 nitrogen and oxygen atoms in total. The molecule has 1 heterocycles. The number of carbonyl (C=O) groups excluding carboxylic acids is 1. The fourth-order valence-corrected chi connectivity index (χ4v) is 3.96. The molecule has 3 N–H and O–H groups in total. The summed E-state index contributed by atoms with van der Waals surface area (Å²) < 4.78 is 13.3. The van der Waals surface area contributed by atoms with Crippen molar-refractivity contribution in [3.05, 3.63) is 101 Å². The van der Waals surface area contributed by atoms with Gasteiger partial charge in [0.2, 0.25) is 0 Å². The van der Waals surface area contributed by atoms with Crippen molar-refractivity contribution in [2.24, 2.45) is 0 Å². The molecular formula is C25H20FN3O3S. The Hall–Kier alpha value is -4.04. The summed E-state index contributed by atoms with van der Waals surface area (Å²) in [5.74, 6) is -1.56. The number of aliphatic carboxylic acids is 1. The number of halogens is 1. The lowest BCUT2D eigenvalue weighted by Gasteiger charge is -2.13. The van der Waals surface area contributed by atoms with Gasteiger partial charge in [0.1, 0.15) is 5.82 Å². The molecule has 1 aromatic heterocycles. The van der Waals surface area contributed by atoms with E-state index in [0.717, 1.165) is 22.4 Å². The molecule has 0 radical (unpaired) electrons. The molecule has 4 aromatic rings. The van der Waals surface area contributed by atoms with E-state index in [9.17, 15) is 14.0 Å². The predicted molar refractivity (Wildman–Crippen MR) is 127 cm³/mol. The molecule has 0 saturated heterocycles. The van der Waals surface area contributed by atoms with Crippen LogP contribution in [-0.2, 0) is 17.8 Å². The number of hydrogen-bond donors (Lipinski definition) is 3. The van der Waals surface area contributed by atoms with E-state index < -0.39 is 5.97 Å². The number of para-hydroxylation sites is 1. The van der Waals surface area contributed by atoms with Crippen molar-refractivity contribution in [2.45, 2.75) is 13.0 Å². The minimum Gasteiger partial charge on any atom is -0.481 e. The van der Waals surface area contributed by atoms with Gasteiger partial charge in [-0.1, -0.05) is 42.5 Å². The van der Waals surface area contributed by atoms with Gasteiger partial charge in [0, 0.05) is 28.7 Å². The lowest BCUT2D eigenvalue weighted by molar-refractivity contribution is -0.136. The first-order chi connectivity index (χ1) is 16.0. The van der Waals surface area contributed by atoms with Gasteiger partial charge < -0.3 is 10.4 Å². The second kappa shape index (κ2) is 10.1. The summed E-state index contributed by atoms with van der Waals surface area (Å²) in [7, 11) is 0. The summed E-state index contributed by atoms with van der Waals surface area (Å²) in [6, 6.07) is 21.4. The van der Waals surface area contributed by atoms with Crippen molar-refractivity contribution in [2.75, 3.05) is 10.6 Å². The normalized spacial score (nSPS) is 10.6. The van der Waals surface area contributed by atoms with Gasteiger partial charge in [-0.3, -0.25) is 14.9 Å². The number of carboxylic acids is 1. The molecule has 0 spiro atoms. The molecule has 0 fully saturated rings. The van der Waals surface area contributed by atoms with Crippen molar-refractivity contribution in [1.82, 2.24) is 4.98 Å². The molecule has 0 atom stereocenters. The molecule has 0 aliphatic rings. The SMILES string of the molecule is O=C(O)Cc1csc(NC(=O)c2ccc(CNc3ccccc3-c3ccc(F)cc3)cc2)n1. The van der Waals surface area contributed by atoms with Gasteiger partial charge in [0.25, 0.3) is 5.91 Å². The number of carboxylic acid groups (broad SMARTS) is 1. The van der Waals surface area contributed by atoms with E-state index in [2.05, 4.69) is 15.6 Å². The summed E-state index contributed by atoms with van der Waals surface area (Å²) in [5, 5.41) is 16.9. The zero-order valence-corrected chi connectivity index (χ0v) is 18.2. The first kappa shape index (κ1) is 22.2. The quantitative estimate of drug-likeness (QED) is 0.325. The highest BCUT2D eigenvalue weighted by atomic mass is 32.1. The van der Waals surface area contributed by atoms with Gasteiger partial charge in [-0.25, -0.2) is 9.37 Å². The van der Waals surface area contributed by atoms with E-state index >= 15 is 0 Å². The standard InChI is InChI=1S/C25H20FN3O3S/c26-19-11-9-17(10-12-19)21-3-1-2-4-22(21)27-14-16-5-7-18(8-6-16)24(32)29-25-28-20(15-33-25)13-23(30)31/h1-12,15,27H,13-14H2,(H,30,31)(H,28,29,32). The van der Waals surface area contributed by atoms with Gasteiger partial charge in [-0.05, 0) is 41.5 Å². The number of thiazole rings is 1. The van der Waals surface area contributed by atoms with Crippen molar-refractivity contribution in [1.29, 1.82) is 0 Å². The number of nitrogens with zero attached hydrogens (tertiary/aromatic N) is 1. The fourth-order valence-electron chi connectivity index (χ4n) is 3.26. The third kappa shape index (κ3) is 5.81. The first-order valence-corrected chi connectivity index (χ1v) is 11.0. The van der Waals surface area contributed by atoms with Crippen LogP contribution < -0.4 is 10.6 Å². The van der Waals surface area contributed by atoms with E-state index in [-0.39, 0.29) is 18.1 Å². The Morgan fingerprint density at radius 1 is 0.970 bits per heavy atom. The maximum absolute atomic E-state index is 13.3. The highest BCUT2D eigenvalue weighted by molar-refractivity contribution is 7.14. The number of nitrogens with one attached hydrogen (secondary N) is 2. The fraction of sp³-hybridized carbons (Fsp3) is 0.0800. The molecule has 4 rings (SSSR count). The average molecular weight is 462 g/mol. The minimum absolute atomic E-state index is 0.182. The summed E-state index contributed by atoms with van der Waals surface area (Å²) in [5.41, 5.74) is 4.68. The average Bonchev–Trinajstić information content (AvgIpc) is 3.24. The number of rotatable bonds is 8. The van der Waals surface area contributed by atoms with Crippen molar-refractivity contribution < 1.29 is 19.1 Å². The van der Waals surface area contributed by atoms with Gasteiger partial charge in [-0.15, -0.1) is 11.3 Å². The molecule has 0 aliphatic heterocycles. The molecule has 0 aliphatic carbocycles. The molecule has 166 valence electrons. The molecule has 0 saturated carbocycles. The summed E-state index contributed by atoms with van der Waals surface area (Å²) in [4.78, 5) is 27.3. The van der Waals surface area contributed by atoms with Crippen LogP contribution in [0.2, 0.25) is 0 Å². The third-order valence-electron chi connectivity index (χ3n) is 4.89. The van der Waals surface area contributed by atoms with Gasteiger partial charge in [0.15, 0.2) is 5.13 Å². The van der Waals surface area contributed by atoms with Crippen molar-refractivity contribution in [3.8, 4) is 11.1 Å². The van der Waals surface area contributed by atoms with Crippen LogP contribution in [0.5, 0.6) is 0 Å². The van der Waals surface area contributed by atoms with Gasteiger partial charge >= 0.3 is 5.97 Å². The molecule has 1 amide bonds. The Labute approximate surface area is 193 Å². The second-order valence-corrected chi connectivity index (χ2v) is 8.13. The minimum atomic E-state index is -0.970. The zero-order chi connectivity index (χ0) is 23.2. The lowest BCUT2D eigenvalue weighted by atomic mass is 10.0. The van der Waals surface area contributed by atoms with Gasteiger partial charge in [0.05, 0.1) is 12.1 Å². The van der Waals surface area contributed by atoms with Crippen LogP contribution in [0.15, 0.2) is 78.2 Å². The highest BCUT2D eigenvalue weighted by Gasteiger charge is 2.11. The largest absolute Gasteiger partial charge is 0.481 e. The lowest BCUT2D eigenvalue weighted by Crippen LogP contribution is -2.12.